The van der Waals surface area contributed by atoms with E-state index in [9.17, 15) is 4.79 Å². The van der Waals surface area contributed by atoms with Crippen LogP contribution in [-0.2, 0) is 8.98 Å². The molecular formula is C11H27N3O4S+2. The first-order valence-electron chi connectivity index (χ1n) is 6.16. The minimum atomic E-state index is -0.733. The van der Waals surface area contributed by atoms with Crippen LogP contribution >= 0.6 is 12.2 Å². The zero-order chi connectivity index (χ0) is 15.1. The Bertz CT molecular complexity index is 287. The Labute approximate surface area is 119 Å². The van der Waals surface area contributed by atoms with Gasteiger partial charge in [-0.25, -0.2) is 8.68 Å². The number of quaternary nitrogens is 2. The number of rotatable bonds is 9. The Morgan fingerprint density at radius 1 is 1.21 bits per heavy atom. The summed E-state index contributed by atoms with van der Waals surface area (Å²) in [5.41, 5.74) is 5.80. The zero-order valence-electron chi connectivity index (χ0n) is 12.2. The highest BCUT2D eigenvalue weighted by Gasteiger charge is 2.29. The number of carbonyl (C=O) groups excluding carboxylic acids is 1. The summed E-state index contributed by atoms with van der Waals surface area (Å²) in [6.07, 6.45) is 0. The monoisotopic (exact) mass is 297 g/mol. The minimum absolute atomic E-state index is 0.0179. The Balaban J connectivity index is 4.21. The molecule has 0 fully saturated rings. The second-order valence-electron chi connectivity index (χ2n) is 5.67. The van der Waals surface area contributed by atoms with Crippen LogP contribution in [0.5, 0.6) is 0 Å². The molecule has 0 aliphatic heterocycles. The first-order valence-corrected chi connectivity index (χ1v) is 6.86. The largest absolute Gasteiger partial charge is 0.391 e. The molecule has 0 heterocycles. The van der Waals surface area contributed by atoms with Crippen molar-refractivity contribution in [2.24, 2.45) is 5.73 Å². The third-order valence-electron chi connectivity index (χ3n) is 2.66. The van der Waals surface area contributed by atoms with Crippen LogP contribution in [0.25, 0.3) is 0 Å². The van der Waals surface area contributed by atoms with Crippen LogP contribution in [0.1, 0.15) is 0 Å². The van der Waals surface area contributed by atoms with E-state index < -0.39 is 12.0 Å². The van der Waals surface area contributed by atoms with E-state index in [0.717, 1.165) is 12.2 Å². The minimum Gasteiger partial charge on any atom is -0.391 e. The molecule has 0 saturated heterocycles. The average Bonchev–Trinajstić information content (AvgIpc) is 2.25. The maximum Gasteiger partial charge on any atom is 0.345 e. The van der Waals surface area contributed by atoms with Crippen molar-refractivity contribution in [3.8, 4) is 0 Å². The summed E-state index contributed by atoms with van der Waals surface area (Å²) >= 11 is 0.971. The van der Waals surface area contributed by atoms with Crippen molar-refractivity contribution in [1.29, 1.82) is 0 Å². The Morgan fingerprint density at radius 2 is 1.74 bits per heavy atom. The van der Waals surface area contributed by atoms with Gasteiger partial charge in [0.1, 0.15) is 19.6 Å². The summed E-state index contributed by atoms with van der Waals surface area (Å²) in [5, 5.41) is 17.8. The van der Waals surface area contributed by atoms with E-state index in [1.165, 1.54) is 0 Å². The summed E-state index contributed by atoms with van der Waals surface area (Å²) in [4.78, 5) is 11.8. The molecule has 0 bridgehead atoms. The average molecular weight is 297 g/mol. The smallest absolute Gasteiger partial charge is 0.345 e. The molecule has 0 amide bonds. The first-order chi connectivity index (χ1) is 8.63. The number of carbonyl (C=O) groups is 1. The van der Waals surface area contributed by atoms with Crippen molar-refractivity contribution in [3.05, 3.63) is 0 Å². The van der Waals surface area contributed by atoms with Gasteiger partial charge in [-0.2, -0.15) is 0 Å². The van der Waals surface area contributed by atoms with E-state index in [-0.39, 0.29) is 13.2 Å². The molecule has 1 atom stereocenters. The number of hydrogen-bond acceptors (Lipinski definition) is 6. The third-order valence-corrected chi connectivity index (χ3v) is 3.48. The van der Waals surface area contributed by atoms with Gasteiger partial charge in [0.2, 0.25) is 0 Å². The fourth-order valence-corrected chi connectivity index (χ4v) is 2.00. The van der Waals surface area contributed by atoms with Crippen molar-refractivity contribution in [2.45, 2.75) is 6.04 Å². The molecule has 7 nitrogen and oxygen atoms in total. The van der Waals surface area contributed by atoms with E-state index in [1.54, 1.807) is 0 Å². The first kappa shape index (κ1) is 18.6. The lowest BCUT2D eigenvalue weighted by molar-refractivity contribution is -0.890. The zero-order valence-corrected chi connectivity index (χ0v) is 13.0. The van der Waals surface area contributed by atoms with Crippen molar-refractivity contribution in [1.82, 2.24) is 0 Å². The quantitative estimate of drug-likeness (QED) is 0.274. The van der Waals surface area contributed by atoms with Crippen molar-refractivity contribution in [3.63, 3.8) is 0 Å². The molecule has 114 valence electrons. The number of hydrogen-bond donors (Lipinski definition) is 3. The molecular weight excluding hydrogens is 270 g/mol. The van der Waals surface area contributed by atoms with Crippen LogP contribution in [0.2, 0.25) is 0 Å². The van der Waals surface area contributed by atoms with Crippen molar-refractivity contribution < 1.29 is 27.6 Å². The molecule has 0 radical (unpaired) electrons. The van der Waals surface area contributed by atoms with Crippen molar-refractivity contribution in [2.75, 3.05) is 61.0 Å². The maximum atomic E-state index is 11.8. The Morgan fingerprint density at radius 3 is 2.21 bits per heavy atom. The normalized spacial score (nSPS) is 14.3. The molecule has 8 heteroatoms. The number of nitrogens with zero attached hydrogens (tertiary/aromatic N) is 2. The molecule has 19 heavy (non-hydrogen) atoms. The van der Waals surface area contributed by atoms with Gasteiger partial charge in [0.25, 0.3) is 0 Å². The van der Waals surface area contributed by atoms with Gasteiger partial charge < -0.3 is 24.6 Å². The predicted octanol–water partition coefficient (Wildman–Crippen LogP) is -1.44. The second kappa shape index (κ2) is 8.03. The van der Waals surface area contributed by atoms with E-state index in [0.29, 0.717) is 28.0 Å². The molecule has 0 aromatic heterocycles. The highest BCUT2D eigenvalue weighted by atomic mass is 32.2. The van der Waals surface area contributed by atoms with E-state index in [2.05, 4.69) is 0 Å². The molecule has 0 saturated carbocycles. The summed E-state index contributed by atoms with van der Waals surface area (Å²) in [6.45, 7) is 1.46. The van der Waals surface area contributed by atoms with Gasteiger partial charge >= 0.3 is 18.2 Å². The van der Waals surface area contributed by atoms with Gasteiger partial charge in [0.15, 0.2) is 6.04 Å². The summed E-state index contributed by atoms with van der Waals surface area (Å²) < 4.78 is 5.85. The van der Waals surface area contributed by atoms with E-state index in [1.807, 2.05) is 28.2 Å². The van der Waals surface area contributed by atoms with Crippen LogP contribution < -0.4 is 5.73 Å². The fraction of sp³-hybridized carbons (Fsp3) is 0.909. The van der Waals surface area contributed by atoms with E-state index in [4.69, 9.17) is 20.1 Å². The lowest BCUT2D eigenvalue weighted by Crippen LogP contribution is -2.52. The van der Waals surface area contributed by atoms with E-state index >= 15 is 0 Å². The van der Waals surface area contributed by atoms with Gasteiger partial charge in [-0.3, -0.25) is 0 Å². The molecule has 4 N–H and O–H groups in total. The number of likely N-dealkylation sites (N-methyl/N-ethyl adjacent to an activating group) is 2. The number of nitrogens with two attached hydrogens (primary N) is 1. The molecule has 0 aliphatic rings. The summed E-state index contributed by atoms with van der Waals surface area (Å²) in [7, 11) is 7.43. The van der Waals surface area contributed by atoms with Gasteiger partial charge in [0.05, 0.1) is 41.4 Å². The fourth-order valence-electron chi connectivity index (χ4n) is 1.45. The summed E-state index contributed by atoms with van der Waals surface area (Å²) in [5.74, 6) is -0.488. The lowest BCUT2D eigenvalue weighted by atomic mass is 10.2. The van der Waals surface area contributed by atoms with Crippen LogP contribution in [0, 0.1) is 0 Å². The summed E-state index contributed by atoms with van der Waals surface area (Å²) in [6, 6.07) is -0.733. The van der Waals surface area contributed by atoms with Crippen LogP contribution in [-0.4, -0.2) is 91.6 Å². The molecule has 0 aromatic rings. The topological polar surface area (TPSA) is 92.8 Å². The standard InChI is InChI=1S/C11H27N3O4S/c1-13(2,5-7-15)9-10(12)11(17)18-19-14(3,4)6-8-16/h10,15-16H,5-9,12H2,1-4H3/q+2. The molecule has 1 unspecified atom stereocenters. The second-order valence-corrected chi connectivity index (χ2v) is 6.97. The molecule has 0 aromatic carbocycles. The lowest BCUT2D eigenvalue weighted by Gasteiger charge is -2.31. The number of aliphatic hydroxyl groups is 2. The maximum absolute atomic E-state index is 11.8. The Kier molecular flexibility index (Phi) is 7.87. The van der Waals surface area contributed by atoms with Crippen LogP contribution in [0.4, 0.5) is 0 Å². The predicted molar refractivity (Wildman–Crippen MR) is 74.6 cm³/mol. The van der Waals surface area contributed by atoms with Gasteiger partial charge in [-0.1, -0.05) is 0 Å². The SMILES string of the molecule is C[N+](C)(CCO)CC(N)C(=O)OS[N+](C)(C)CCO. The highest BCUT2D eigenvalue weighted by molar-refractivity contribution is 7.89. The van der Waals surface area contributed by atoms with Gasteiger partial charge in [-0.05, 0) is 0 Å². The van der Waals surface area contributed by atoms with Crippen molar-refractivity contribution >= 4 is 18.2 Å². The van der Waals surface area contributed by atoms with Gasteiger partial charge in [0, 0.05) is 0 Å². The third kappa shape index (κ3) is 8.40. The van der Waals surface area contributed by atoms with Crippen LogP contribution in [0.3, 0.4) is 0 Å². The Hall–Kier alpha value is -0.380. The van der Waals surface area contributed by atoms with Crippen LogP contribution in [0.15, 0.2) is 0 Å². The van der Waals surface area contributed by atoms with Gasteiger partial charge in [-0.15, -0.1) is 0 Å². The number of aliphatic hydroxyl groups excluding tert-OH is 2. The molecule has 0 aliphatic carbocycles. The highest BCUT2D eigenvalue weighted by Crippen LogP contribution is 2.18. The molecule has 0 spiro atoms. The molecule has 0 rings (SSSR count).